The van der Waals surface area contributed by atoms with E-state index in [1.165, 1.54) is 0 Å². The normalized spacial score (nSPS) is 11.0. The number of carbonyl (C=O) groups is 1. The summed E-state index contributed by atoms with van der Waals surface area (Å²) in [6.07, 6.45) is 0.337. The number of fused-ring (bicyclic) bond motifs is 1. The molecule has 2 aromatic heterocycles. The Morgan fingerprint density at radius 2 is 2.14 bits per heavy atom. The van der Waals surface area contributed by atoms with Crippen LogP contribution in [0.5, 0.6) is 0 Å². The average Bonchev–Trinajstić information content (AvgIpc) is 3.04. The van der Waals surface area contributed by atoms with E-state index in [0.717, 1.165) is 30.7 Å². The van der Waals surface area contributed by atoms with Crippen molar-refractivity contribution in [1.29, 1.82) is 0 Å². The van der Waals surface area contributed by atoms with Crippen molar-refractivity contribution in [2.75, 3.05) is 7.05 Å². The molecule has 114 valence electrons. The lowest BCUT2D eigenvalue weighted by atomic mass is 10.2. The Balaban J connectivity index is 1.73. The van der Waals surface area contributed by atoms with E-state index in [-0.39, 0.29) is 5.91 Å². The third-order valence-electron chi connectivity index (χ3n) is 3.41. The van der Waals surface area contributed by atoms with E-state index in [2.05, 4.69) is 11.1 Å². The van der Waals surface area contributed by atoms with Crippen molar-refractivity contribution in [2.24, 2.45) is 0 Å². The Hall–Kier alpha value is -1.43. The summed E-state index contributed by atoms with van der Waals surface area (Å²) in [7, 11) is 1.81. The van der Waals surface area contributed by atoms with Crippen LogP contribution in [0.15, 0.2) is 29.6 Å². The summed E-state index contributed by atoms with van der Waals surface area (Å²) in [5.41, 5.74) is 0.835. The summed E-state index contributed by atoms with van der Waals surface area (Å²) in [6, 6.07) is 8.04. The van der Waals surface area contributed by atoms with Gasteiger partial charge in [-0.25, -0.2) is 4.98 Å². The van der Waals surface area contributed by atoms with Gasteiger partial charge in [0, 0.05) is 27.4 Å². The molecule has 0 saturated carbocycles. The number of thiophene rings is 1. The van der Waals surface area contributed by atoms with Gasteiger partial charge in [0.05, 0.1) is 28.7 Å². The maximum atomic E-state index is 12.3. The summed E-state index contributed by atoms with van der Waals surface area (Å²) >= 11 is 9.64. The van der Waals surface area contributed by atoms with Crippen molar-refractivity contribution in [1.82, 2.24) is 9.88 Å². The summed E-state index contributed by atoms with van der Waals surface area (Å²) in [5.74, 6) is 0.0545. The lowest BCUT2D eigenvalue weighted by molar-refractivity contribution is -0.129. The molecular weight excluding hydrogens is 336 g/mol. The SMILES string of the molecule is Cc1nc(CC(=O)N(C)Cc2sc3ccccc3c2Cl)cs1. The van der Waals surface area contributed by atoms with Gasteiger partial charge in [-0.2, -0.15) is 0 Å². The fourth-order valence-electron chi connectivity index (χ4n) is 2.25. The molecule has 0 unspecified atom stereocenters. The number of amides is 1. The number of benzene rings is 1. The quantitative estimate of drug-likeness (QED) is 0.693. The highest BCUT2D eigenvalue weighted by Gasteiger charge is 2.16. The Labute approximate surface area is 142 Å². The number of nitrogens with zero attached hydrogens (tertiary/aromatic N) is 2. The molecule has 3 nitrogen and oxygen atoms in total. The van der Waals surface area contributed by atoms with Crippen molar-refractivity contribution < 1.29 is 4.79 Å². The summed E-state index contributed by atoms with van der Waals surface area (Å²) < 4.78 is 1.15. The molecule has 1 aromatic carbocycles. The van der Waals surface area contributed by atoms with Gasteiger partial charge in [0.15, 0.2) is 0 Å². The minimum absolute atomic E-state index is 0.0545. The van der Waals surface area contributed by atoms with Crippen LogP contribution in [0.2, 0.25) is 5.02 Å². The predicted molar refractivity (Wildman–Crippen MR) is 93.9 cm³/mol. The highest BCUT2D eigenvalue weighted by Crippen LogP contribution is 2.35. The monoisotopic (exact) mass is 350 g/mol. The average molecular weight is 351 g/mol. The number of hydrogen-bond donors (Lipinski definition) is 0. The van der Waals surface area contributed by atoms with E-state index >= 15 is 0 Å². The van der Waals surface area contributed by atoms with E-state index in [1.54, 1.807) is 27.6 Å². The molecule has 0 N–H and O–H groups in total. The number of carbonyl (C=O) groups excluding carboxylic acids is 1. The van der Waals surface area contributed by atoms with E-state index < -0.39 is 0 Å². The fraction of sp³-hybridized carbons (Fsp3) is 0.250. The molecule has 0 aliphatic heterocycles. The minimum Gasteiger partial charge on any atom is -0.340 e. The topological polar surface area (TPSA) is 33.2 Å². The van der Waals surface area contributed by atoms with Crippen LogP contribution in [0.4, 0.5) is 0 Å². The number of hydrogen-bond acceptors (Lipinski definition) is 4. The molecule has 0 fully saturated rings. The highest BCUT2D eigenvalue weighted by atomic mass is 35.5. The molecule has 0 aliphatic carbocycles. The Morgan fingerprint density at radius 1 is 1.36 bits per heavy atom. The maximum Gasteiger partial charge on any atom is 0.228 e. The second-order valence-corrected chi connectivity index (χ2v) is 7.70. The van der Waals surface area contributed by atoms with Crippen LogP contribution in [0, 0.1) is 6.92 Å². The zero-order valence-electron chi connectivity index (χ0n) is 12.3. The van der Waals surface area contributed by atoms with E-state index in [0.29, 0.717) is 13.0 Å². The maximum absolute atomic E-state index is 12.3. The van der Waals surface area contributed by atoms with Crippen LogP contribution >= 0.6 is 34.3 Å². The molecule has 6 heteroatoms. The zero-order valence-corrected chi connectivity index (χ0v) is 14.7. The molecule has 0 aliphatic rings. The van der Waals surface area contributed by atoms with E-state index in [4.69, 9.17) is 11.6 Å². The first kappa shape index (κ1) is 15.5. The summed E-state index contributed by atoms with van der Waals surface area (Å²) in [4.78, 5) is 19.4. The largest absolute Gasteiger partial charge is 0.340 e. The third-order valence-corrected chi connectivity index (χ3v) is 5.93. The van der Waals surface area contributed by atoms with Gasteiger partial charge in [-0.3, -0.25) is 4.79 Å². The van der Waals surface area contributed by atoms with Gasteiger partial charge in [0.2, 0.25) is 5.91 Å². The van der Waals surface area contributed by atoms with Gasteiger partial charge >= 0.3 is 0 Å². The third kappa shape index (κ3) is 3.16. The Bertz CT molecular complexity index is 825. The number of likely N-dealkylation sites (N-methyl/N-ethyl adjacent to an activating group) is 1. The van der Waals surface area contributed by atoms with Gasteiger partial charge < -0.3 is 4.90 Å². The van der Waals surface area contributed by atoms with Crippen molar-refractivity contribution in [3.05, 3.63) is 50.2 Å². The molecule has 0 radical (unpaired) electrons. The van der Waals surface area contributed by atoms with Crippen LogP contribution in [-0.2, 0) is 17.8 Å². The van der Waals surface area contributed by atoms with Crippen molar-refractivity contribution in [3.8, 4) is 0 Å². The Kier molecular flexibility index (Phi) is 4.47. The lowest BCUT2D eigenvalue weighted by Gasteiger charge is -2.15. The number of aromatic nitrogens is 1. The van der Waals surface area contributed by atoms with Gasteiger partial charge in [0.1, 0.15) is 0 Å². The van der Waals surface area contributed by atoms with Crippen molar-refractivity contribution in [3.63, 3.8) is 0 Å². The van der Waals surface area contributed by atoms with E-state index in [9.17, 15) is 4.79 Å². The van der Waals surface area contributed by atoms with E-state index in [1.807, 2.05) is 37.6 Å². The fourth-order valence-corrected chi connectivity index (χ4v) is 4.41. The highest BCUT2D eigenvalue weighted by molar-refractivity contribution is 7.19. The first-order valence-corrected chi connectivity index (χ1v) is 8.93. The summed E-state index contributed by atoms with van der Waals surface area (Å²) in [6.45, 7) is 2.47. The molecule has 3 rings (SSSR count). The first-order chi connectivity index (χ1) is 10.5. The van der Waals surface area contributed by atoms with Crippen LogP contribution in [0.25, 0.3) is 10.1 Å². The van der Waals surface area contributed by atoms with Crippen LogP contribution in [0.1, 0.15) is 15.6 Å². The van der Waals surface area contributed by atoms with Crippen LogP contribution in [0.3, 0.4) is 0 Å². The molecular formula is C16H15ClN2OS2. The van der Waals surface area contributed by atoms with Crippen LogP contribution in [-0.4, -0.2) is 22.8 Å². The van der Waals surface area contributed by atoms with Crippen LogP contribution < -0.4 is 0 Å². The molecule has 0 saturated heterocycles. The lowest BCUT2D eigenvalue weighted by Crippen LogP contribution is -2.27. The second kappa shape index (κ2) is 6.36. The number of aryl methyl sites for hydroxylation is 1. The van der Waals surface area contributed by atoms with Crippen molar-refractivity contribution >= 4 is 50.3 Å². The van der Waals surface area contributed by atoms with Gasteiger partial charge in [0.25, 0.3) is 0 Å². The number of rotatable bonds is 4. The molecule has 0 bridgehead atoms. The predicted octanol–water partition coefficient (Wildman–Crippen LogP) is 4.52. The number of halogens is 1. The van der Waals surface area contributed by atoms with Gasteiger partial charge in [-0.05, 0) is 13.0 Å². The minimum atomic E-state index is 0.0545. The molecule has 22 heavy (non-hydrogen) atoms. The molecule has 2 heterocycles. The molecule has 3 aromatic rings. The first-order valence-electron chi connectivity index (χ1n) is 6.85. The smallest absolute Gasteiger partial charge is 0.228 e. The molecule has 0 atom stereocenters. The summed E-state index contributed by atoms with van der Waals surface area (Å²) in [5, 5.41) is 4.73. The Morgan fingerprint density at radius 3 is 2.82 bits per heavy atom. The number of thiazole rings is 1. The van der Waals surface area contributed by atoms with Gasteiger partial charge in [-0.1, -0.05) is 29.8 Å². The molecule has 0 spiro atoms. The van der Waals surface area contributed by atoms with Gasteiger partial charge in [-0.15, -0.1) is 22.7 Å². The molecule has 1 amide bonds. The zero-order chi connectivity index (χ0) is 15.7. The second-order valence-electron chi connectivity index (χ2n) is 5.12. The van der Waals surface area contributed by atoms with Crippen molar-refractivity contribution in [2.45, 2.75) is 19.9 Å². The standard InChI is InChI=1S/C16H15ClN2OS2/c1-10-18-11(9-21-10)7-15(20)19(2)8-14-16(17)12-5-3-4-6-13(12)22-14/h3-6,9H,7-8H2,1-2H3.